The van der Waals surface area contributed by atoms with Crippen LogP contribution in [0.5, 0.6) is 0 Å². The second-order valence-electron chi connectivity index (χ2n) is 4.36. The minimum absolute atomic E-state index is 0.219. The van der Waals surface area contributed by atoms with Gasteiger partial charge in [0.25, 0.3) is 0 Å². The van der Waals surface area contributed by atoms with E-state index in [9.17, 15) is 8.42 Å². The minimum Gasteiger partial charge on any atom is -0.345 e. The van der Waals surface area contributed by atoms with Crippen molar-refractivity contribution in [1.82, 2.24) is 14.7 Å². The summed E-state index contributed by atoms with van der Waals surface area (Å²) in [6, 6.07) is 12.8. The van der Waals surface area contributed by atoms with Crippen LogP contribution in [0.2, 0.25) is 0 Å². The summed E-state index contributed by atoms with van der Waals surface area (Å²) in [4.78, 5) is 7.17. The van der Waals surface area contributed by atoms with Gasteiger partial charge in [-0.3, -0.25) is 0 Å². The first-order chi connectivity index (χ1) is 9.67. The lowest BCUT2D eigenvalue weighted by molar-refractivity contribution is 0.582. The summed E-state index contributed by atoms with van der Waals surface area (Å²) in [5.41, 5.74) is 1.47. The normalized spacial score (nSPS) is 11.8. The van der Waals surface area contributed by atoms with Crippen molar-refractivity contribution in [1.29, 1.82) is 0 Å². The van der Waals surface area contributed by atoms with E-state index in [1.807, 2.05) is 30.3 Å². The largest absolute Gasteiger partial charge is 0.345 e. The number of hydrogen-bond acceptors (Lipinski definition) is 3. The van der Waals surface area contributed by atoms with E-state index in [2.05, 4.69) is 14.7 Å². The van der Waals surface area contributed by atoms with Gasteiger partial charge < -0.3 is 4.98 Å². The predicted molar refractivity (Wildman–Crippen MR) is 76.6 cm³/mol. The molecule has 2 N–H and O–H groups in total. The summed E-state index contributed by atoms with van der Waals surface area (Å²) in [5, 5.41) is 0.591. The van der Waals surface area contributed by atoms with Crippen LogP contribution in [-0.4, -0.2) is 18.4 Å². The molecule has 0 amide bonds. The first-order valence-electron chi connectivity index (χ1n) is 6.12. The Morgan fingerprint density at radius 3 is 2.70 bits per heavy atom. The lowest BCUT2D eigenvalue weighted by Crippen LogP contribution is -2.22. The Hall–Kier alpha value is -2.18. The lowest BCUT2D eigenvalue weighted by atomic mass is 10.2. The lowest BCUT2D eigenvalue weighted by Gasteiger charge is -2.05. The number of nitrogens with one attached hydrogen (secondary N) is 2. The zero-order valence-corrected chi connectivity index (χ0v) is 11.4. The summed E-state index contributed by atoms with van der Waals surface area (Å²) < 4.78 is 27.2. The van der Waals surface area contributed by atoms with E-state index in [0.717, 1.165) is 5.56 Å². The highest BCUT2D eigenvalue weighted by molar-refractivity contribution is 7.89. The van der Waals surface area contributed by atoms with Crippen LogP contribution in [0.1, 0.15) is 5.56 Å². The minimum atomic E-state index is -3.56. The Labute approximate surface area is 116 Å². The Balaban J connectivity index is 1.89. The van der Waals surface area contributed by atoms with Gasteiger partial charge in [-0.25, -0.2) is 18.1 Å². The number of benzene rings is 1. The van der Waals surface area contributed by atoms with Gasteiger partial charge in [-0.15, -0.1) is 0 Å². The molecular formula is C14H13N3O2S. The molecule has 0 aliphatic carbocycles. The summed E-state index contributed by atoms with van der Waals surface area (Å²) in [6.45, 7) is 0.260. The Morgan fingerprint density at radius 1 is 1.10 bits per heavy atom. The SMILES string of the molecule is O=S(=O)(NCc1ccccc1)c1c[nH]c2ncccc12. The maximum absolute atomic E-state index is 12.3. The van der Waals surface area contributed by atoms with Gasteiger partial charge in [-0.2, -0.15) is 0 Å². The van der Waals surface area contributed by atoms with Gasteiger partial charge in [0.05, 0.1) is 0 Å². The van der Waals surface area contributed by atoms with E-state index >= 15 is 0 Å². The Morgan fingerprint density at radius 2 is 1.90 bits per heavy atom. The number of nitrogens with zero attached hydrogens (tertiary/aromatic N) is 1. The molecule has 0 saturated carbocycles. The molecule has 3 rings (SSSR count). The van der Waals surface area contributed by atoms with E-state index in [4.69, 9.17) is 0 Å². The average Bonchev–Trinajstić information content (AvgIpc) is 2.91. The molecule has 0 aliphatic heterocycles. The Bertz CT molecular complexity index is 826. The van der Waals surface area contributed by atoms with E-state index in [1.165, 1.54) is 6.20 Å². The van der Waals surface area contributed by atoms with Crippen LogP contribution in [0.3, 0.4) is 0 Å². The van der Waals surface area contributed by atoms with E-state index in [1.54, 1.807) is 18.3 Å². The third-order valence-corrected chi connectivity index (χ3v) is 4.45. The van der Waals surface area contributed by atoms with Crippen molar-refractivity contribution in [3.05, 3.63) is 60.4 Å². The van der Waals surface area contributed by atoms with Crippen molar-refractivity contribution in [2.75, 3.05) is 0 Å². The van der Waals surface area contributed by atoms with Gasteiger partial charge in [0.1, 0.15) is 10.5 Å². The second-order valence-corrected chi connectivity index (χ2v) is 6.10. The van der Waals surface area contributed by atoms with Crippen LogP contribution >= 0.6 is 0 Å². The highest BCUT2D eigenvalue weighted by Crippen LogP contribution is 2.20. The molecule has 1 aromatic carbocycles. The van der Waals surface area contributed by atoms with Crippen LogP contribution in [0.15, 0.2) is 59.8 Å². The van der Waals surface area contributed by atoms with Gasteiger partial charge in [0.2, 0.25) is 10.0 Å². The molecule has 2 aromatic heterocycles. The number of aromatic amines is 1. The molecule has 2 heterocycles. The van der Waals surface area contributed by atoms with Crippen molar-refractivity contribution >= 4 is 21.1 Å². The van der Waals surface area contributed by atoms with Crippen LogP contribution in [-0.2, 0) is 16.6 Å². The van der Waals surface area contributed by atoms with Gasteiger partial charge >= 0.3 is 0 Å². The molecule has 0 aliphatic rings. The average molecular weight is 287 g/mol. The molecule has 0 fully saturated rings. The van der Waals surface area contributed by atoms with Crippen LogP contribution in [0, 0.1) is 0 Å². The first kappa shape index (κ1) is 12.8. The fourth-order valence-electron chi connectivity index (χ4n) is 2.01. The fraction of sp³-hybridized carbons (Fsp3) is 0.0714. The molecule has 0 radical (unpaired) electrons. The number of sulfonamides is 1. The quantitative estimate of drug-likeness (QED) is 0.771. The van der Waals surface area contributed by atoms with Crippen molar-refractivity contribution in [2.24, 2.45) is 0 Å². The van der Waals surface area contributed by atoms with E-state index < -0.39 is 10.0 Å². The molecule has 0 bridgehead atoms. The highest BCUT2D eigenvalue weighted by Gasteiger charge is 2.18. The van der Waals surface area contributed by atoms with Gasteiger partial charge in [-0.05, 0) is 17.7 Å². The summed E-state index contributed by atoms with van der Waals surface area (Å²) in [7, 11) is -3.56. The first-order valence-corrected chi connectivity index (χ1v) is 7.61. The highest BCUT2D eigenvalue weighted by atomic mass is 32.2. The van der Waals surface area contributed by atoms with Crippen molar-refractivity contribution < 1.29 is 8.42 Å². The number of fused-ring (bicyclic) bond motifs is 1. The molecule has 0 saturated heterocycles. The molecule has 102 valence electrons. The number of H-pyrrole nitrogens is 1. The van der Waals surface area contributed by atoms with Crippen LogP contribution < -0.4 is 4.72 Å². The Kier molecular flexibility index (Phi) is 3.25. The summed E-state index contributed by atoms with van der Waals surface area (Å²) in [6.07, 6.45) is 3.08. The molecule has 5 nitrogen and oxygen atoms in total. The van der Waals surface area contributed by atoms with Gasteiger partial charge in [0, 0.05) is 24.3 Å². The fourth-order valence-corrected chi connectivity index (χ4v) is 3.19. The molecule has 20 heavy (non-hydrogen) atoms. The topological polar surface area (TPSA) is 74.8 Å². The molecule has 0 unspecified atom stereocenters. The van der Waals surface area contributed by atoms with Gasteiger partial charge in [-0.1, -0.05) is 30.3 Å². The number of rotatable bonds is 4. The molecule has 6 heteroatoms. The van der Waals surface area contributed by atoms with Crippen molar-refractivity contribution in [3.63, 3.8) is 0 Å². The molecular weight excluding hydrogens is 274 g/mol. The summed E-state index contributed by atoms with van der Waals surface area (Å²) in [5.74, 6) is 0. The third kappa shape index (κ3) is 2.43. The van der Waals surface area contributed by atoms with Crippen LogP contribution in [0.25, 0.3) is 11.0 Å². The predicted octanol–water partition coefficient (Wildman–Crippen LogP) is 2.04. The molecule has 0 spiro atoms. The summed E-state index contributed by atoms with van der Waals surface area (Å²) >= 11 is 0. The molecule has 3 aromatic rings. The number of aromatic nitrogens is 2. The zero-order valence-electron chi connectivity index (χ0n) is 10.6. The monoisotopic (exact) mass is 287 g/mol. The maximum Gasteiger partial charge on any atom is 0.243 e. The van der Waals surface area contributed by atoms with Crippen molar-refractivity contribution in [2.45, 2.75) is 11.4 Å². The smallest absolute Gasteiger partial charge is 0.243 e. The van der Waals surface area contributed by atoms with Crippen molar-refractivity contribution in [3.8, 4) is 0 Å². The number of pyridine rings is 1. The third-order valence-electron chi connectivity index (χ3n) is 3.01. The zero-order chi connectivity index (χ0) is 14.0. The second kappa shape index (κ2) is 5.07. The van der Waals surface area contributed by atoms with Crippen LogP contribution in [0.4, 0.5) is 0 Å². The standard InChI is InChI=1S/C14H13N3O2S/c18-20(19,17-9-11-5-2-1-3-6-11)13-10-16-14-12(13)7-4-8-15-14/h1-8,10,17H,9H2,(H,15,16). The van der Waals surface area contributed by atoms with Gasteiger partial charge in [0.15, 0.2) is 0 Å². The number of hydrogen-bond donors (Lipinski definition) is 2. The van der Waals surface area contributed by atoms with E-state index in [-0.39, 0.29) is 11.4 Å². The van der Waals surface area contributed by atoms with E-state index in [0.29, 0.717) is 11.0 Å². The molecule has 0 atom stereocenters. The maximum atomic E-state index is 12.3.